The highest BCUT2D eigenvalue weighted by molar-refractivity contribution is 5.95. The van der Waals surface area contributed by atoms with Crippen molar-refractivity contribution in [1.29, 1.82) is 0 Å². The number of fused-ring (bicyclic) bond motifs is 1. The molecular weight excluding hydrogens is 480 g/mol. The zero-order valence-electron chi connectivity index (χ0n) is 20.8. The van der Waals surface area contributed by atoms with Crippen LogP contribution in [0.3, 0.4) is 0 Å². The van der Waals surface area contributed by atoms with Gasteiger partial charge < -0.3 is 25.4 Å². The Kier molecular flexibility index (Phi) is 7.27. The lowest BCUT2D eigenvalue weighted by Gasteiger charge is -2.32. The van der Waals surface area contributed by atoms with Gasteiger partial charge in [0.2, 0.25) is 0 Å². The van der Waals surface area contributed by atoms with Gasteiger partial charge in [0.25, 0.3) is 12.3 Å². The van der Waals surface area contributed by atoms with E-state index in [0.717, 1.165) is 31.5 Å². The average Bonchev–Trinajstić information content (AvgIpc) is 3.37. The first-order valence-corrected chi connectivity index (χ1v) is 12.4. The van der Waals surface area contributed by atoms with Gasteiger partial charge >= 0.3 is 0 Å². The molecule has 2 aliphatic heterocycles. The Morgan fingerprint density at radius 2 is 1.97 bits per heavy atom. The number of alkyl halides is 2. The minimum atomic E-state index is -2.60. The van der Waals surface area contributed by atoms with Crippen LogP contribution in [-0.4, -0.2) is 55.5 Å². The van der Waals surface area contributed by atoms with E-state index in [4.69, 9.17) is 9.47 Å². The van der Waals surface area contributed by atoms with Crippen LogP contribution in [0.4, 0.5) is 14.6 Å². The maximum Gasteiger partial charge on any atom is 0.260 e. The van der Waals surface area contributed by atoms with Gasteiger partial charge in [-0.05, 0) is 55.6 Å². The first-order valence-electron chi connectivity index (χ1n) is 12.4. The number of hydrogen-bond donors (Lipinski definition) is 3. The number of amides is 1. The summed E-state index contributed by atoms with van der Waals surface area (Å²) in [5.74, 6) is 1.45. The second kappa shape index (κ2) is 10.8. The number of rotatable bonds is 7. The molecule has 3 atom stereocenters. The van der Waals surface area contributed by atoms with Crippen molar-refractivity contribution in [3.63, 3.8) is 0 Å². The first kappa shape index (κ1) is 25.0. The fourth-order valence-corrected chi connectivity index (χ4v) is 5.04. The zero-order valence-corrected chi connectivity index (χ0v) is 20.8. The van der Waals surface area contributed by atoms with Gasteiger partial charge in [-0.15, -0.1) is 0 Å². The van der Waals surface area contributed by atoms with Crippen LogP contribution in [0.25, 0.3) is 11.3 Å². The van der Waals surface area contributed by atoms with E-state index >= 15 is 0 Å². The van der Waals surface area contributed by atoms with Gasteiger partial charge in [0.1, 0.15) is 11.9 Å². The van der Waals surface area contributed by atoms with E-state index in [-0.39, 0.29) is 24.4 Å². The number of benzene rings is 2. The maximum atomic E-state index is 14.2. The summed E-state index contributed by atoms with van der Waals surface area (Å²) in [5.41, 5.74) is 2.53. The van der Waals surface area contributed by atoms with Crippen molar-refractivity contribution >= 4 is 11.7 Å². The van der Waals surface area contributed by atoms with Crippen LogP contribution in [0.15, 0.2) is 48.5 Å². The van der Waals surface area contributed by atoms with Gasteiger partial charge in [0.15, 0.2) is 11.5 Å². The Hall–Kier alpha value is -3.66. The topological polar surface area (TPSA) is 89.4 Å². The Morgan fingerprint density at radius 1 is 1.14 bits per heavy atom. The molecule has 2 aromatic carbocycles. The number of aromatic nitrogens is 2. The minimum absolute atomic E-state index is 0.0920. The molecular formula is C27H31F2N5O3. The monoisotopic (exact) mass is 511 g/mol. The van der Waals surface area contributed by atoms with Gasteiger partial charge in [-0.1, -0.05) is 18.2 Å². The van der Waals surface area contributed by atoms with Crippen LogP contribution in [0.2, 0.25) is 0 Å². The average molecular weight is 512 g/mol. The molecule has 0 radical (unpaired) electrons. The smallest absolute Gasteiger partial charge is 0.260 e. The molecule has 1 saturated heterocycles. The second-order valence-corrected chi connectivity index (χ2v) is 9.41. The number of halogens is 2. The van der Waals surface area contributed by atoms with Crippen LogP contribution >= 0.6 is 0 Å². The summed E-state index contributed by atoms with van der Waals surface area (Å²) < 4.78 is 40.4. The van der Waals surface area contributed by atoms with Crippen LogP contribution in [-0.2, 0) is 0 Å². The fourth-order valence-electron chi connectivity index (χ4n) is 5.04. The van der Waals surface area contributed by atoms with Crippen LogP contribution in [0, 0.1) is 0 Å². The van der Waals surface area contributed by atoms with E-state index in [1.165, 1.54) is 4.68 Å². The highest BCUT2D eigenvalue weighted by atomic mass is 19.3. The molecule has 1 aromatic heterocycles. The van der Waals surface area contributed by atoms with E-state index < -0.39 is 12.5 Å². The summed E-state index contributed by atoms with van der Waals surface area (Å²) in [6, 6.07) is 12.9. The standard InChI is InChI=1S/C27H31F2N5O3/c1-36-23-9-8-17(12-24(23)37-2)20-13-22(26(28)29)34-25(32-20)14-21(33-34)16-5-3-6-18(11-16)27(35)31-19-7-4-10-30-15-19/h3,5-6,8-9,11-12,14,19-20,22,26,30,32H,4,7,10,13,15H2,1-2H3,(H,31,35)/t19-,20?,22?/m1/s1. The molecule has 1 fully saturated rings. The molecule has 2 aliphatic rings. The number of hydrogen-bond acceptors (Lipinski definition) is 6. The molecule has 37 heavy (non-hydrogen) atoms. The number of ether oxygens (including phenoxy) is 2. The third-order valence-corrected chi connectivity index (χ3v) is 7.00. The van der Waals surface area contributed by atoms with E-state index in [1.54, 1.807) is 50.6 Å². The molecule has 1 amide bonds. The minimum Gasteiger partial charge on any atom is -0.493 e. The molecule has 10 heteroatoms. The number of carbonyl (C=O) groups is 1. The quantitative estimate of drug-likeness (QED) is 0.436. The largest absolute Gasteiger partial charge is 0.493 e. The highest BCUT2D eigenvalue weighted by Crippen LogP contribution is 2.41. The van der Waals surface area contributed by atoms with Gasteiger partial charge in [0.05, 0.1) is 26.0 Å². The maximum absolute atomic E-state index is 14.2. The van der Waals surface area contributed by atoms with Gasteiger partial charge in [-0.2, -0.15) is 5.10 Å². The summed E-state index contributed by atoms with van der Waals surface area (Å²) >= 11 is 0. The van der Waals surface area contributed by atoms with Crippen LogP contribution in [0.1, 0.15) is 47.3 Å². The molecule has 196 valence electrons. The Labute approximate surface area is 214 Å². The van der Waals surface area contributed by atoms with Crippen molar-refractivity contribution in [3.05, 3.63) is 59.7 Å². The van der Waals surface area contributed by atoms with E-state index in [1.807, 2.05) is 12.1 Å². The number of carbonyl (C=O) groups excluding carboxylic acids is 1. The molecule has 0 bridgehead atoms. The van der Waals surface area contributed by atoms with Crippen molar-refractivity contribution in [2.24, 2.45) is 0 Å². The molecule has 5 rings (SSSR count). The zero-order chi connectivity index (χ0) is 25.9. The molecule has 3 heterocycles. The Balaban J connectivity index is 1.40. The number of nitrogens with zero attached hydrogens (tertiary/aromatic N) is 2. The third-order valence-electron chi connectivity index (χ3n) is 7.00. The van der Waals surface area contributed by atoms with E-state index in [9.17, 15) is 13.6 Å². The summed E-state index contributed by atoms with van der Waals surface area (Å²) in [7, 11) is 3.09. The summed E-state index contributed by atoms with van der Waals surface area (Å²) in [6.07, 6.45) is -0.487. The summed E-state index contributed by atoms with van der Waals surface area (Å²) in [4.78, 5) is 12.8. The number of nitrogens with one attached hydrogen (secondary N) is 3. The SMILES string of the molecule is COc1ccc(C2CC(C(F)F)n3nc(-c4cccc(C(=O)N[C@@H]5CCCNC5)c4)cc3N2)cc1OC. The Morgan fingerprint density at radius 3 is 2.70 bits per heavy atom. The second-order valence-electron chi connectivity index (χ2n) is 9.41. The fraction of sp³-hybridized carbons (Fsp3) is 0.407. The number of methoxy groups -OCH3 is 2. The molecule has 3 aromatic rings. The molecule has 0 saturated carbocycles. The lowest BCUT2D eigenvalue weighted by atomic mass is 9.97. The predicted octanol–water partition coefficient (Wildman–Crippen LogP) is 4.41. The lowest BCUT2D eigenvalue weighted by Crippen LogP contribution is -2.45. The van der Waals surface area contributed by atoms with E-state index in [0.29, 0.717) is 34.1 Å². The normalized spacial score (nSPS) is 21.2. The van der Waals surface area contributed by atoms with Crippen molar-refractivity contribution < 1.29 is 23.0 Å². The van der Waals surface area contributed by atoms with Crippen LogP contribution in [0.5, 0.6) is 11.5 Å². The summed E-state index contributed by atoms with van der Waals surface area (Å²) in [6.45, 7) is 1.72. The highest BCUT2D eigenvalue weighted by Gasteiger charge is 2.35. The van der Waals surface area contributed by atoms with E-state index in [2.05, 4.69) is 21.0 Å². The van der Waals surface area contributed by atoms with Crippen molar-refractivity contribution in [1.82, 2.24) is 20.4 Å². The number of piperidine rings is 1. The first-order chi connectivity index (χ1) is 18.0. The van der Waals surface area contributed by atoms with Crippen molar-refractivity contribution in [2.75, 3.05) is 32.6 Å². The molecule has 2 unspecified atom stereocenters. The Bertz CT molecular complexity index is 1260. The molecule has 8 nitrogen and oxygen atoms in total. The molecule has 3 N–H and O–H groups in total. The van der Waals surface area contributed by atoms with Gasteiger partial charge in [0, 0.05) is 29.8 Å². The summed E-state index contributed by atoms with van der Waals surface area (Å²) in [5, 5.41) is 14.2. The van der Waals surface area contributed by atoms with Crippen molar-refractivity contribution in [2.45, 2.75) is 43.8 Å². The van der Waals surface area contributed by atoms with Gasteiger partial charge in [-0.3, -0.25) is 4.79 Å². The molecule has 0 aliphatic carbocycles. The van der Waals surface area contributed by atoms with Crippen molar-refractivity contribution in [3.8, 4) is 22.8 Å². The number of anilines is 1. The lowest BCUT2D eigenvalue weighted by molar-refractivity contribution is 0.0659. The third kappa shape index (κ3) is 5.24. The molecule has 0 spiro atoms. The van der Waals surface area contributed by atoms with Gasteiger partial charge in [-0.25, -0.2) is 13.5 Å². The predicted molar refractivity (Wildman–Crippen MR) is 137 cm³/mol. The van der Waals surface area contributed by atoms with Crippen LogP contribution < -0.4 is 25.4 Å².